The molecule has 1 N–H and O–H groups in total. The van der Waals surface area contributed by atoms with Crippen LogP contribution in [0, 0.1) is 6.07 Å². The zero-order valence-corrected chi connectivity index (χ0v) is 11.9. The summed E-state index contributed by atoms with van der Waals surface area (Å²) in [6.45, 7) is 4.41. The summed E-state index contributed by atoms with van der Waals surface area (Å²) < 4.78 is 0. The molecular formula is C18H22N. The third-order valence-electron chi connectivity index (χ3n) is 3.20. The summed E-state index contributed by atoms with van der Waals surface area (Å²) in [4.78, 5) is 0. The molecule has 0 aliphatic heterocycles. The number of anilines is 2. The second-order valence-electron chi connectivity index (χ2n) is 4.88. The highest BCUT2D eigenvalue weighted by Crippen LogP contribution is 2.22. The van der Waals surface area contributed by atoms with E-state index in [0.717, 1.165) is 24.9 Å². The number of aryl methyl sites for hydroxylation is 2. The van der Waals surface area contributed by atoms with Crippen LogP contribution in [-0.2, 0) is 12.8 Å². The molecule has 2 rings (SSSR count). The molecule has 0 saturated heterocycles. The maximum absolute atomic E-state index is 3.54. The molecule has 0 unspecified atom stereocenters. The molecule has 0 aliphatic rings. The Kier molecular flexibility index (Phi) is 5.02. The lowest BCUT2D eigenvalue weighted by atomic mass is 10.1. The summed E-state index contributed by atoms with van der Waals surface area (Å²) in [7, 11) is 0. The lowest BCUT2D eigenvalue weighted by Crippen LogP contribution is -1.96. The van der Waals surface area contributed by atoms with Crippen LogP contribution in [0.5, 0.6) is 0 Å². The maximum Gasteiger partial charge on any atom is 0.0416 e. The predicted molar refractivity (Wildman–Crippen MR) is 83.0 cm³/mol. The largest absolute Gasteiger partial charge is 0.355 e. The van der Waals surface area contributed by atoms with Gasteiger partial charge in [0.1, 0.15) is 0 Å². The average Bonchev–Trinajstić information content (AvgIpc) is 2.42. The molecule has 0 heterocycles. The van der Waals surface area contributed by atoms with E-state index in [4.69, 9.17) is 0 Å². The van der Waals surface area contributed by atoms with Crippen molar-refractivity contribution in [3.8, 4) is 0 Å². The average molecular weight is 252 g/mol. The molecule has 1 radical (unpaired) electrons. The summed E-state index contributed by atoms with van der Waals surface area (Å²) in [5.41, 5.74) is 5.04. The molecule has 1 nitrogen and oxygen atoms in total. The Morgan fingerprint density at radius 1 is 1.00 bits per heavy atom. The maximum atomic E-state index is 3.54. The summed E-state index contributed by atoms with van der Waals surface area (Å²) >= 11 is 0. The van der Waals surface area contributed by atoms with Crippen LogP contribution < -0.4 is 5.32 Å². The molecule has 99 valence electrons. The topological polar surface area (TPSA) is 12.0 Å². The quantitative estimate of drug-likeness (QED) is 0.751. The smallest absolute Gasteiger partial charge is 0.0416 e. The van der Waals surface area contributed by atoms with E-state index >= 15 is 0 Å². The Balaban J connectivity index is 2.18. The van der Waals surface area contributed by atoms with Gasteiger partial charge in [-0.3, -0.25) is 0 Å². The molecule has 0 spiro atoms. The number of hydrogen-bond donors (Lipinski definition) is 1. The van der Waals surface area contributed by atoms with E-state index in [-0.39, 0.29) is 0 Å². The van der Waals surface area contributed by atoms with Crippen molar-refractivity contribution in [2.24, 2.45) is 0 Å². The molecule has 0 fully saturated rings. The summed E-state index contributed by atoms with van der Waals surface area (Å²) in [6, 6.07) is 18.1. The molecule has 1 heteroatoms. The van der Waals surface area contributed by atoms with E-state index in [9.17, 15) is 0 Å². The minimum atomic E-state index is 1.09. The fourth-order valence-electron chi connectivity index (χ4n) is 2.29. The zero-order valence-electron chi connectivity index (χ0n) is 11.9. The zero-order chi connectivity index (χ0) is 13.5. The van der Waals surface area contributed by atoms with E-state index in [1.54, 1.807) is 0 Å². The van der Waals surface area contributed by atoms with Crippen molar-refractivity contribution in [3.63, 3.8) is 0 Å². The second kappa shape index (κ2) is 6.98. The van der Waals surface area contributed by atoms with Crippen LogP contribution in [0.15, 0.2) is 42.5 Å². The van der Waals surface area contributed by atoms with Crippen molar-refractivity contribution >= 4 is 11.4 Å². The third-order valence-corrected chi connectivity index (χ3v) is 3.20. The second-order valence-corrected chi connectivity index (χ2v) is 4.88. The SMILES string of the molecule is CCCc1[c]ccc(Nc2ccccc2CCC)c1. The highest BCUT2D eigenvalue weighted by Gasteiger charge is 2.02. The first kappa shape index (κ1) is 13.7. The third kappa shape index (κ3) is 3.85. The lowest BCUT2D eigenvalue weighted by Gasteiger charge is -2.12. The van der Waals surface area contributed by atoms with E-state index in [2.05, 4.69) is 61.6 Å². The van der Waals surface area contributed by atoms with Crippen molar-refractivity contribution in [3.05, 3.63) is 59.7 Å². The fourth-order valence-corrected chi connectivity index (χ4v) is 2.29. The first-order valence-electron chi connectivity index (χ1n) is 7.19. The van der Waals surface area contributed by atoms with Gasteiger partial charge in [-0.2, -0.15) is 0 Å². The number of para-hydroxylation sites is 1. The molecule has 19 heavy (non-hydrogen) atoms. The first-order valence-corrected chi connectivity index (χ1v) is 7.19. The molecule has 0 aromatic heterocycles. The van der Waals surface area contributed by atoms with Crippen LogP contribution in [0.2, 0.25) is 0 Å². The van der Waals surface area contributed by atoms with Crippen LogP contribution in [0.25, 0.3) is 0 Å². The van der Waals surface area contributed by atoms with Crippen molar-refractivity contribution in [1.29, 1.82) is 0 Å². The summed E-state index contributed by atoms with van der Waals surface area (Å²) in [5.74, 6) is 0. The molecule has 0 saturated carbocycles. The van der Waals surface area contributed by atoms with Gasteiger partial charge in [0.05, 0.1) is 0 Å². The van der Waals surface area contributed by atoms with Gasteiger partial charge in [-0.05, 0) is 48.2 Å². The van der Waals surface area contributed by atoms with Crippen LogP contribution in [-0.4, -0.2) is 0 Å². The van der Waals surface area contributed by atoms with Gasteiger partial charge in [-0.1, -0.05) is 51.0 Å². The Morgan fingerprint density at radius 3 is 2.58 bits per heavy atom. The Labute approximate surface area is 116 Å². The minimum absolute atomic E-state index is 1.09. The Hall–Kier alpha value is -1.76. The molecule has 0 amide bonds. The Bertz CT molecular complexity index is 517. The van der Waals surface area contributed by atoms with Gasteiger partial charge in [0.25, 0.3) is 0 Å². The van der Waals surface area contributed by atoms with E-state index < -0.39 is 0 Å². The van der Waals surface area contributed by atoms with Gasteiger partial charge in [0.15, 0.2) is 0 Å². The molecule has 0 bridgehead atoms. The van der Waals surface area contributed by atoms with Gasteiger partial charge < -0.3 is 5.32 Å². The van der Waals surface area contributed by atoms with Gasteiger partial charge in [-0.25, -0.2) is 0 Å². The first-order chi connectivity index (χ1) is 9.33. The van der Waals surface area contributed by atoms with Crippen LogP contribution in [0.1, 0.15) is 37.8 Å². The monoisotopic (exact) mass is 252 g/mol. The van der Waals surface area contributed by atoms with Crippen LogP contribution in [0.3, 0.4) is 0 Å². The van der Waals surface area contributed by atoms with Crippen molar-refractivity contribution < 1.29 is 0 Å². The molecule has 0 aliphatic carbocycles. The molecule has 0 atom stereocenters. The molecule has 2 aromatic carbocycles. The van der Waals surface area contributed by atoms with E-state index in [1.165, 1.54) is 23.2 Å². The summed E-state index contributed by atoms with van der Waals surface area (Å²) in [6.07, 6.45) is 4.53. The molecular weight excluding hydrogens is 230 g/mol. The normalized spacial score (nSPS) is 10.4. The van der Waals surface area contributed by atoms with Crippen molar-refractivity contribution in [2.75, 3.05) is 5.32 Å². The highest BCUT2D eigenvalue weighted by atomic mass is 14.9. The lowest BCUT2D eigenvalue weighted by molar-refractivity contribution is 0.919. The van der Waals surface area contributed by atoms with Gasteiger partial charge in [0.2, 0.25) is 0 Å². The number of rotatable bonds is 6. The van der Waals surface area contributed by atoms with Crippen molar-refractivity contribution in [1.82, 2.24) is 0 Å². The van der Waals surface area contributed by atoms with Crippen LogP contribution in [0.4, 0.5) is 11.4 Å². The van der Waals surface area contributed by atoms with Gasteiger partial charge >= 0.3 is 0 Å². The number of hydrogen-bond acceptors (Lipinski definition) is 1. The summed E-state index contributed by atoms with van der Waals surface area (Å²) in [5, 5.41) is 3.54. The van der Waals surface area contributed by atoms with Gasteiger partial charge in [0, 0.05) is 11.4 Å². The Morgan fingerprint density at radius 2 is 1.79 bits per heavy atom. The number of nitrogens with one attached hydrogen (secondary N) is 1. The highest BCUT2D eigenvalue weighted by molar-refractivity contribution is 5.63. The molecule has 2 aromatic rings. The minimum Gasteiger partial charge on any atom is -0.355 e. The fraction of sp³-hybridized carbons (Fsp3) is 0.333. The van der Waals surface area contributed by atoms with Gasteiger partial charge in [-0.15, -0.1) is 0 Å². The van der Waals surface area contributed by atoms with E-state index in [1.807, 2.05) is 6.07 Å². The van der Waals surface area contributed by atoms with Crippen LogP contribution >= 0.6 is 0 Å². The standard InChI is InChI=1S/C18H22N/c1-3-8-15-10-7-12-17(14-15)19-18-13-6-5-11-16(18)9-4-2/h5-7,11-14,19H,3-4,8-9H2,1-2H3. The van der Waals surface area contributed by atoms with E-state index in [0.29, 0.717) is 0 Å². The predicted octanol–water partition coefficient (Wildman–Crippen LogP) is 5.14. The van der Waals surface area contributed by atoms with Crippen molar-refractivity contribution in [2.45, 2.75) is 39.5 Å². The number of benzene rings is 2.